The van der Waals surface area contributed by atoms with Crippen LogP contribution in [-0.2, 0) is 0 Å². The van der Waals surface area contributed by atoms with E-state index in [1.165, 1.54) is 0 Å². The van der Waals surface area contributed by atoms with Crippen LogP contribution in [-0.4, -0.2) is 16.2 Å². The van der Waals surface area contributed by atoms with Crippen LogP contribution in [0.2, 0.25) is 0 Å². The molecule has 8 heavy (non-hydrogen) atoms. The molecule has 0 aliphatic heterocycles. The highest BCUT2D eigenvalue weighted by Gasteiger charge is 1.92. The number of nitrogens with zero attached hydrogens (tertiary/aromatic N) is 1. The molecule has 0 saturated heterocycles. The monoisotopic (exact) mass is 179 g/mol. The Balaban J connectivity index is 3.38. The van der Waals surface area contributed by atoms with Gasteiger partial charge in [0.15, 0.2) is 0 Å². The molecule has 0 saturated carbocycles. The van der Waals surface area contributed by atoms with E-state index in [1.807, 2.05) is 6.92 Å². The molecule has 3 heteroatoms. The van der Waals surface area contributed by atoms with Crippen LogP contribution < -0.4 is 0 Å². The number of halogens is 1. The summed E-state index contributed by atoms with van der Waals surface area (Å²) >= 11 is 3.19. The molecule has 0 radical (unpaired) electrons. The molecule has 0 bridgehead atoms. The summed E-state index contributed by atoms with van der Waals surface area (Å²) in [6.45, 7) is 2.05. The summed E-state index contributed by atoms with van der Waals surface area (Å²) in [5, 5.41) is 12.0. The fourth-order valence-corrected chi connectivity index (χ4v) is 0.825. The molecule has 0 rings (SSSR count). The predicted octanol–water partition coefficient (Wildman–Crippen LogP) is 2.01. The minimum absolute atomic E-state index is 0.678. The summed E-state index contributed by atoms with van der Waals surface area (Å²) in [6.07, 6.45) is 1.91. The largest absolute Gasteiger partial charge is 0.411 e. The molecule has 0 aromatic carbocycles. The Hall–Kier alpha value is -0.0500. The highest BCUT2D eigenvalue weighted by Crippen LogP contribution is 1.94. The molecule has 0 heterocycles. The maximum atomic E-state index is 8.22. The van der Waals surface area contributed by atoms with Crippen LogP contribution in [0.15, 0.2) is 5.16 Å². The Labute approximate surface area is 57.7 Å². The second-order valence-electron chi connectivity index (χ2n) is 1.55. The van der Waals surface area contributed by atoms with Crippen LogP contribution in [0.4, 0.5) is 0 Å². The summed E-state index contributed by atoms with van der Waals surface area (Å²) in [5.74, 6) is 0. The molecule has 0 spiro atoms. The summed E-state index contributed by atoms with van der Waals surface area (Å²) in [7, 11) is 0. The van der Waals surface area contributed by atoms with Gasteiger partial charge in [0.2, 0.25) is 0 Å². The van der Waals surface area contributed by atoms with Gasteiger partial charge in [0.25, 0.3) is 0 Å². The van der Waals surface area contributed by atoms with E-state index in [0.29, 0.717) is 5.33 Å². The molecule has 0 aromatic rings. The van der Waals surface area contributed by atoms with E-state index in [2.05, 4.69) is 21.1 Å². The molecule has 48 valence electrons. The Morgan fingerprint density at radius 1 is 1.75 bits per heavy atom. The van der Waals surface area contributed by atoms with E-state index in [0.717, 1.165) is 18.6 Å². The molecule has 0 atom stereocenters. The van der Waals surface area contributed by atoms with Crippen LogP contribution in [0.1, 0.15) is 19.8 Å². The van der Waals surface area contributed by atoms with Crippen molar-refractivity contribution in [1.29, 1.82) is 0 Å². The second-order valence-corrected chi connectivity index (χ2v) is 2.11. The zero-order valence-electron chi connectivity index (χ0n) is 4.89. The van der Waals surface area contributed by atoms with Gasteiger partial charge in [-0.05, 0) is 6.42 Å². The Bertz CT molecular complexity index is 82.5. The van der Waals surface area contributed by atoms with Crippen molar-refractivity contribution in [3.8, 4) is 0 Å². The van der Waals surface area contributed by atoms with E-state index < -0.39 is 0 Å². The molecule has 1 N–H and O–H groups in total. The summed E-state index contributed by atoms with van der Waals surface area (Å²) in [6, 6.07) is 0. The molecule has 0 aliphatic carbocycles. The number of hydrogen-bond acceptors (Lipinski definition) is 2. The maximum absolute atomic E-state index is 8.22. The lowest BCUT2D eigenvalue weighted by molar-refractivity contribution is 0.317. The Kier molecular flexibility index (Phi) is 5.06. The van der Waals surface area contributed by atoms with Gasteiger partial charge in [0.05, 0.1) is 5.71 Å². The third-order valence-electron chi connectivity index (χ3n) is 0.834. The van der Waals surface area contributed by atoms with E-state index in [1.54, 1.807) is 0 Å². The van der Waals surface area contributed by atoms with Crippen molar-refractivity contribution < 1.29 is 5.21 Å². The van der Waals surface area contributed by atoms with Crippen LogP contribution in [0.25, 0.3) is 0 Å². The average Bonchev–Trinajstić information content (AvgIpc) is 1.83. The summed E-state index contributed by atoms with van der Waals surface area (Å²) in [4.78, 5) is 0. The third kappa shape index (κ3) is 3.02. The molecule has 0 aromatic heterocycles. The van der Waals surface area contributed by atoms with Crippen LogP contribution >= 0.6 is 15.9 Å². The van der Waals surface area contributed by atoms with Crippen molar-refractivity contribution >= 4 is 21.6 Å². The van der Waals surface area contributed by atoms with Crippen LogP contribution in [0, 0.1) is 0 Å². The van der Waals surface area contributed by atoms with Gasteiger partial charge in [-0.1, -0.05) is 34.4 Å². The van der Waals surface area contributed by atoms with Crippen molar-refractivity contribution in [2.45, 2.75) is 19.8 Å². The van der Waals surface area contributed by atoms with Gasteiger partial charge in [-0.15, -0.1) is 0 Å². The number of hydrogen-bond donors (Lipinski definition) is 1. The van der Waals surface area contributed by atoms with Crippen LogP contribution in [0.3, 0.4) is 0 Å². The van der Waals surface area contributed by atoms with Crippen molar-refractivity contribution in [3.05, 3.63) is 0 Å². The average molecular weight is 180 g/mol. The van der Waals surface area contributed by atoms with Gasteiger partial charge in [0, 0.05) is 5.33 Å². The second kappa shape index (κ2) is 5.09. The number of rotatable bonds is 3. The fourth-order valence-electron chi connectivity index (χ4n) is 0.432. The van der Waals surface area contributed by atoms with Crippen molar-refractivity contribution in [1.82, 2.24) is 0 Å². The van der Waals surface area contributed by atoms with Gasteiger partial charge in [-0.3, -0.25) is 0 Å². The van der Waals surface area contributed by atoms with Gasteiger partial charge >= 0.3 is 0 Å². The maximum Gasteiger partial charge on any atom is 0.0675 e. The minimum atomic E-state index is 0.678. The van der Waals surface area contributed by atoms with Gasteiger partial charge in [-0.2, -0.15) is 0 Å². The normalized spacial score (nSPS) is 12.0. The molecular weight excluding hydrogens is 170 g/mol. The lowest BCUT2D eigenvalue weighted by Gasteiger charge is -1.92. The standard InChI is InChI=1S/C5H10BrNO/c1-2-3-5(4-6)7-8/h8H,2-4H2,1H3. The topological polar surface area (TPSA) is 32.6 Å². The zero-order chi connectivity index (χ0) is 6.41. The van der Waals surface area contributed by atoms with E-state index >= 15 is 0 Å². The molecule has 0 unspecified atom stereocenters. The lowest BCUT2D eigenvalue weighted by Crippen LogP contribution is -1.97. The fraction of sp³-hybridized carbons (Fsp3) is 0.800. The zero-order valence-corrected chi connectivity index (χ0v) is 6.48. The van der Waals surface area contributed by atoms with E-state index in [-0.39, 0.29) is 0 Å². The molecule has 0 amide bonds. The third-order valence-corrected chi connectivity index (χ3v) is 1.48. The number of alkyl halides is 1. The van der Waals surface area contributed by atoms with E-state index in [9.17, 15) is 0 Å². The van der Waals surface area contributed by atoms with Gasteiger partial charge < -0.3 is 5.21 Å². The minimum Gasteiger partial charge on any atom is -0.411 e. The van der Waals surface area contributed by atoms with E-state index in [4.69, 9.17) is 5.21 Å². The van der Waals surface area contributed by atoms with Crippen molar-refractivity contribution in [2.75, 3.05) is 5.33 Å². The Morgan fingerprint density at radius 3 is 2.50 bits per heavy atom. The highest BCUT2D eigenvalue weighted by molar-refractivity contribution is 9.09. The number of oxime groups is 1. The first kappa shape index (κ1) is 7.95. The van der Waals surface area contributed by atoms with Crippen LogP contribution in [0.5, 0.6) is 0 Å². The smallest absolute Gasteiger partial charge is 0.0675 e. The van der Waals surface area contributed by atoms with Crippen molar-refractivity contribution in [3.63, 3.8) is 0 Å². The first-order valence-corrected chi connectivity index (χ1v) is 3.73. The first-order valence-electron chi connectivity index (χ1n) is 2.61. The lowest BCUT2D eigenvalue weighted by atomic mass is 10.2. The van der Waals surface area contributed by atoms with Crippen molar-refractivity contribution in [2.24, 2.45) is 5.16 Å². The Morgan fingerprint density at radius 2 is 2.38 bits per heavy atom. The molecule has 2 nitrogen and oxygen atoms in total. The predicted molar refractivity (Wildman–Crippen MR) is 37.9 cm³/mol. The van der Waals surface area contributed by atoms with Gasteiger partial charge in [-0.25, -0.2) is 0 Å². The quantitative estimate of drug-likeness (QED) is 0.306. The summed E-state index contributed by atoms with van der Waals surface area (Å²) < 4.78 is 0. The SMILES string of the molecule is CCCC(CBr)=NO. The first-order chi connectivity index (χ1) is 3.85. The molecule has 0 aliphatic rings. The molecular formula is C5H10BrNO. The van der Waals surface area contributed by atoms with Gasteiger partial charge in [0.1, 0.15) is 0 Å². The molecule has 0 fully saturated rings. The highest BCUT2D eigenvalue weighted by atomic mass is 79.9. The summed E-state index contributed by atoms with van der Waals surface area (Å²) in [5.41, 5.74) is 0.813.